The van der Waals surface area contributed by atoms with Crippen molar-refractivity contribution in [1.29, 1.82) is 0 Å². The van der Waals surface area contributed by atoms with Gasteiger partial charge in [-0.25, -0.2) is 0 Å². The molecule has 0 aliphatic heterocycles. The summed E-state index contributed by atoms with van der Waals surface area (Å²) >= 11 is 0. The average molecular weight is 689 g/mol. The van der Waals surface area contributed by atoms with Crippen LogP contribution in [-0.4, -0.2) is 0 Å². The molecule has 0 N–H and O–H groups in total. The van der Waals surface area contributed by atoms with Gasteiger partial charge in [0.2, 0.25) is 0 Å². The Balaban J connectivity index is 1.22. The van der Waals surface area contributed by atoms with Gasteiger partial charge in [-0.1, -0.05) is 158 Å². The van der Waals surface area contributed by atoms with E-state index in [1.54, 1.807) is 0 Å². The van der Waals surface area contributed by atoms with E-state index in [9.17, 15) is 0 Å². The molecule has 0 bridgehead atoms. The molecule has 11 aromatic rings. The van der Waals surface area contributed by atoms with Gasteiger partial charge in [0.1, 0.15) is 22.5 Å². The first-order valence-corrected chi connectivity index (χ1v) is 18.4. The molecule has 0 aliphatic carbocycles. The number of para-hydroxylation sites is 1. The Morgan fingerprint density at radius 2 is 0.704 bits per heavy atom. The first kappa shape index (κ1) is 30.5. The number of rotatable bonds is 5. The molecule has 0 spiro atoms. The van der Waals surface area contributed by atoms with E-state index in [4.69, 9.17) is 8.83 Å². The maximum absolute atomic E-state index is 6.71. The molecule has 0 amide bonds. The predicted molar refractivity (Wildman–Crippen MR) is 226 cm³/mol. The van der Waals surface area contributed by atoms with Crippen LogP contribution in [0.15, 0.2) is 203 Å². The molecule has 54 heavy (non-hydrogen) atoms. The lowest BCUT2D eigenvalue weighted by molar-refractivity contribution is 0.632. The Kier molecular flexibility index (Phi) is 6.90. The second-order valence-electron chi connectivity index (χ2n) is 14.0. The largest absolute Gasteiger partial charge is 0.456 e. The Morgan fingerprint density at radius 1 is 0.222 bits per heavy atom. The normalized spacial score (nSPS) is 11.7. The highest BCUT2D eigenvalue weighted by atomic mass is 16.3. The molecule has 9 aromatic carbocycles. The summed E-state index contributed by atoms with van der Waals surface area (Å²) in [6.07, 6.45) is 0. The summed E-state index contributed by atoms with van der Waals surface area (Å²) in [7, 11) is 0. The quantitative estimate of drug-likeness (QED) is 0.168. The molecule has 0 unspecified atom stereocenters. The molecule has 2 aromatic heterocycles. The lowest BCUT2D eigenvalue weighted by Gasteiger charge is -2.19. The second kappa shape index (κ2) is 12.2. The Labute approximate surface area is 312 Å². The summed E-state index contributed by atoms with van der Waals surface area (Å²) in [4.78, 5) is 0. The minimum Gasteiger partial charge on any atom is -0.456 e. The fraction of sp³-hybridized carbons (Fsp3) is 0. The molecule has 0 atom stereocenters. The highest BCUT2D eigenvalue weighted by molar-refractivity contribution is 6.23. The Hall–Kier alpha value is -7.16. The number of hydrogen-bond acceptors (Lipinski definition) is 2. The monoisotopic (exact) mass is 688 g/mol. The van der Waals surface area contributed by atoms with Gasteiger partial charge in [-0.15, -0.1) is 0 Å². The Morgan fingerprint density at radius 3 is 1.44 bits per heavy atom. The Bertz CT molecular complexity index is 3190. The van der Waals surface area contributed by atoms with Crippen molar-refractivity contribution in [3.05, 3.63) is 194 Å². The van der Waals surface area contributed by atoms with Crippen LogP contribution in [0.25, 0.3) is 110 Å². The van der Waals surface area contributed by atoms with Crippen LogP contribution >= 0.6 is 0 Å². The lowest BCUT2D eigenvalue weighted by atomic mass is 9.84. The van der Waals surface area contributed by atoms with E-state index in [2.05, 4.69) is 176 Å². The van der Waals surface area contributed by atoms with E-state index in [0.717, 1.165) is 66.5 Å². The lowest BCUT2D eigenvalue weighted by Crippen LogP contribution is -1.92. The van der Waals surface area contributed by atoms with E-state index in [1.807, 2.05) is 18.2 Å². The van der Waals surface area contributed by atoms with Gasteiger partial charge in [0.15, 0.2) is 0 Å². The topological polar surface area (TPSA) is 26.3 Å². The summed E-state index contributed by atoms with van der Waals surface area (Å²) in [5.41, 5.74) is 13.0. The minimum absolute atomic E-state index is 0.866. The second-order valence-corrected chi connectivity index (χ2v) is 14.0. The van der Waals surface area contributed by atoms with E-state index in [0.29, 0.717) is 0 Å². The first-order valence-electron chi connectivity index (χ1n) is 18.4. The number of benzene rings is 9. The van der Waals surface area contributed by atoms with Crippen molar-refractivity contribution in [3.63, 3.8) is 0 Å². The highest BCUT2D eigenvalue weighted by Gasteiger charge is 2.22. The molecule has 252 valence electrons. The number of fused-ring (bicyclic) bond motifs is 6. The summed E-state index contributed by atoms with van der Waals surface area (Å²) in [5.74, 6) is 0.881. The third-order valence-corrected chi connectivity index (χ3v) is 10.9. The van der Waals surface area contributed by atoms with E-state index < -0.39 is 0 Å². The zero-order chi connectivity index (χ0) is 35.6. The van der Waals surface area contributed by atoms with Crippen molar-refractivity contribution in [2.24, 2.45) is 0 Å². The maximum atomic E-state index is 6.71. The van der Waals surface area contributed by atoms with Crippen LogP contribution in [-0.2, 0) is 0 Å². The van der Waals surface area contributed by atoms with Crippen LogP contribution in [0.2, 0.25) is 0 Å². The van der Waals surface area contributed by atoms with E-state index >= 15 is 0 Å². The third kappa shape index (κ3) is 4.81. The van der Waals surface area contributed by atoms with Crippen LogP contribution in [0, 0.1) is 0 Å². The zero-order valence-electron chi connectivity index (χ0n) is 29.3. The van der Waals surface area contributed by atoms with Crippen molar-refractivity contribution >= 4 is 54.5 Å². The fourth-order valence-corrected chi connectivity index (χ4v) is 8.43. The number of hydrogen-bond donors (Lipinski definition) is 0. The smallest absolute Gasteiger partial charge is 0.143 e. The molecular formula is C52H32O2. The van der Waals surface area contributed by atoms with Crippen molar-refractivity contribution in [2.75, 3.05) is 0 Å². The summed E-state index contributed by atoms with van der Waals surface area (Å²) in [5, 5.41) is 8.14. The zero-order valence-corrected chi connectivity index (χ0v) is 29.3. The van der Waals surface area contributed by atoms with Crippen molar-refractivity contribution in [2.45, 2.75) is 0 Å². The number of furan rings is 2. The molecule has 11 rings (SSSR count). The van der Waals surface area contributed by atoms with Crippen LogP contribution in [0.4, 0.5) is 0 Å². The maximum Gasteiger partial charge on any atom is 0.143 e. The first-order chi connectivity index (χ1) is 26.8. The van der Waals surface area contributed by atoms with Gasteiger partial charge in [0.25, 0.3) is 0 Å². The SMILES string of the molecule is c1ccc(-c2ccc3c(-c4ccc5c(c4)oc4ccccc45)c4ccccc4c(-c4ccc5oc(-c6ccccc6)c(-c6ccccc6)c5c4)c3c2)cc1. The van der Waals surface area contributed by atoms with Crippen molar-refractivity contribution in [3.8, 4) is 55.8 Å². The van der Waals surface area contributed by atoms with Gasteiger partial charge in [-0.2, -0.15) is 0 Å². The van der Waals surface area contributed by atoms with E-state index in [-0.39, 0.29) is 0 Å². The molecule has 0 fully saturated rings. The fourth-order valence-electron chi connectivity index (χ4n) is 8.43. The van der Waals surface area contributed by atoms with Gasteiger partial charge in [0.05, 0.1) is 0 Å². The van der Waals surface area contributed by atoms with Gasteiger partial charge in [0, 0.05) is 27.3 Å². The van der Waals surface area contributed by atoms with Crippen molar-refractivity contribution in [1.82, 2.24) is 0 Å². The molecular weight excluding hydrogens is 657 g/mol. The van der Waals surface area contributed by atoms with Gasteiger partial charge in [-0.3, -0.25) is 0 Å². The average Bonchev–Trinajstić information content (AvgIpc) is 3.81. The van der Waals surface area contributed by atoms with Crippen LogP contribution in [0.3, 0.4) is 0 Å². The van der Waals surface area contributed by atoms with Gasteiger partial charge >= 0.3 is 0 Å². The van der Waals surface area contributed by atoms with Crippen LogP contribution in [0.1, 0.15) is 0 Å². The predicted octanol–water partition coefficient (Wildman–Crippen LogP) is 15.0. The molecule has 0 saturated carbocycles. The van der Waals surface area contributed by atoms with Crippen molar-refractivity contribution < 1.29 is 8.83 Å². The summed E-state index contributed by atoms with van der Waals surface area (Å²) in [6, 6.07) is 69.2. The van der Waals surface area contributed by atoms with Gasteiger partial charge in [-0.05, 0) is 96.9 Å². The van der Waals surface area contributed by atoms with Gasteiger partial charge < -0.3 is 8.83 Å². The standard InChI is InChI=1S/C52H32O2/c1-4-14-33(15-5-1)36-24-28-43-44(30-36)50(37-26-29-47-45(31-37)51(34-16-6-2-7-17-34)52(54-47)35-18-8-3-9-19-35)42-22-11-10-21-41(42)49(43)38-25-27-40-39-20-12-13-23-46(39)53-48(40)32-38/h1-32H. The highest BCUT2D eigenvalue weighted by Crippen LogP contribution is 2.48. The molecule has 2 nitrogen and oxygen atoms in total. The molecule has 2 heterocycles. The van der Waals surface area contributed by atoms with Crippen LogP contribution in [0.5, 0.6) is 0 Å². The molecule has 2 heteroatoms. The van der Waals surface area contributed by atoms with E-state index in [1.165, 1.54) is 43.8 Å². The summed E-state index contributed by atoms with van der Waals surface area (Å²) < 4.78 is 13.1. The molecule has 0 aliphatic rings. The minimum atomic E-state index is 0.866. The molecule has 0 radical (unpaired) electrons. The third-order valence-electron chi connectivity index (χ3n) is 10.9. The summed E-state index contributed by atoms with van der Waals surface area (Å²) in [6.45, 7) is 0. The molecule has 0 saturated heterocycles. The van der Waals surface area contributed by atoms with Crippen LogP contribution < -0.4 is 0 Å².